The number of hydrogen-bond acceptors (Lipinski definition) is 2. The van der Waals surface area contributed by atoms with Crippen molar-refractivity contribution in [2.75, 3.05) is 0 Å². The zero-order chi connectivity index (χ0) is 15.3. The fraction of sp³-hybridized carbons (Fsp3) is 0.556. The van der Waals surface area contributed by atoms with Gasteiger partial charge in [-0.2, -0.15) is 0 Å². The zero-order valence-corrected chi connectivity index (χ0v) is 12.5. The number of rotatable bonds is 3. The molecule has 0 radical (unpaired) electrons. The molecule has 4 bridgehead atoms. The summed E-state index contributed by atoms with van der Waals surface area (Å²) >= 11 is 0. The Kier molecular flexibility index (Phi) is 3.03. The van der Waals surface area contributed by atoms with Crippen LogP contribution in [0.25, 0.3) is 0 Å². The van der Waals surface area contributed by atoms with Gasteiger partial charge in [0.25, 0.3) is 5.91 Å². The number of benzene rings is 1. The maximum absolute atomic E-state index is 12.6. The molecule has 0 atom stereocenters. The molecule has 1 amide bonds. The fourth-order valence-electron chi connectivity index (χ4n) is 5.34. The summed E-state index contributed by atoms with van der Waals surface area (Å²) < 4.78 is 0. The van der Waals surface area contributed by atoms with Gasteiger partial charge in [0, 0.05) is 11.1 Å². The van der Waals surface area contributed by atoms with Crippen LogP contribution in [0.4, 0.5) is 0 Å². The lowest BCUT2D eigenvalue weighted by molar-refractivity contribution is -0.0167. The van der Waals surface area contributed by atoms with Gasteiger partial charge >= 0.3 is 5.97 Å². The summed E-state index contributed by atoms with van der Waals surface area (Å²) in [6.07, 6.45) is 7.42. The third-order valence-corrected chi connectivity index (χ3v) is 5.81. The summed E-state index contributed by atoms with van der Waals surface area (Å²) in [5.74, 6) is 1.36. The monoisotopic (exact) mass is 299 g/mol. The smallest absolute Gasteiger partial charge is 0.335 e. The van der Waals surface area contributed by atoms with E-state index in [1.807, 2.05) is 0 Å². The van der Waals surface area contributed by atoms with Gasteiger partial charge in [-0.3, -0.25) is 4.79 Å². The number of nitrogens with one attached hydrogen (secondary N) is 1. The maximum atomic E-state index is 12.6. The number of hydrogen-bond donors (Lipinski definition) is 2. The second-order valence-electron chi connectivity index (χ2n) is 7.53. The molecule has 0 saturated heterocycles. The van der Waals surface area contributed by atoms with Crippen molar-refractivity contribution in [2.24, 2.45) is 17.8 Å². The first kappa shape index (κ1) is 13.8. The van der Waals surface area contributed by atoms with Gasteiger partial charge in [0.15, 0.2) is 0 Å². The highest BCUT2D eigenvalue weighted by Crippen LogP contribution is 2.55. The number of carboxylic acids is 1. The van der Waals surface area contributed by atoms with E-state index in [9.17, 15) is 9.59 Å². The van der Waals surface area contributed by atoms with Crippen LogP contribution in [0.1, 0.15) is 59.2 Å². The Labute approximate surface area is 129 Å². The van der Waals surface area contributed by atoms with Crippen molar-refractivity contribution < 1.29 is 14.7 Å². The molecule has 0 heterocycles. The first-order valence-electron chi connectivity index (χ1n) is 8.19. The van der Waals surface area contributed by atoms with Crippen LogP contribution < -0.4 is 5.32 Å². The Morgan fingerprint density at radius 2 is 1.36 bits per heavy atom. The molecule has 1 aromatic rings. The highest BCUT2D eigenvalue weighted by Gasteiger charge is 2.51. The molecule has 4 nitrogen and oxygen atoms in total. The zero-order valence-electron chi connectivity index (χ0n) is 12.5. The average Bonchev–Trinajstić information content (AvgIpc) is 2.45. The molecule has 0 aliphatic heterocycles. The quantitative estimate of drug-likeness (QED) is 0.901. The molecule has 4 aliphatic rings. The van der Waals surface area contributed by atoms with Crippen molar-refractivity contribution in [3.8, 4) is 0 Å². The molecule has 4 fully saturated rings. The Hall–Kier alpha value is -1.84. The molecular formula is C18H21NO3. The lowest BCUT2D eigenvalue weighted by Gasteiger charge is -2.56. The van der Waals surface area contributed by atoms with Gasteiger partial charge in [0.05, 0.1) is 5.56 Å². The summed E-state index contributed by atoms with van der Waals surface area (Å²) in [6.45, 7) is 0. The topological polar surface area (TPSA) is 66.4 Å². The van der Waals surface area contributed by atoms with Crippen LogP contribution in [0.5, 0.6) is 0 Å². The minimum atomic E-state index is -0.965. The van der Waals surface area contributed by atoms with Crippen LogP contribution in [0, 0.1) is 17.8 Å². The van der Waals surface area contributed by atoms with E-state index in [1.165, 1.54) is 31.4 Å². The summed E-state index contributed by atoms with van der Waals surface area (Å²) in [5, 5.41) is 12.2. The van der Waals surface area contributed by atoms with E-state index in [1.54, 1.807) is 12.1 Å². The molecule has 0 aromatic heterocycles. The molecule has 4 aliphatic carbocycles. The number of carbonyl (C=O) groups is 2. The first-order chi connectivity index (χ1) is 10.5. The van der Waals surface area contributed by atoms with Crippen LogP contribution in [0.15, 0.2) is 24.3 Å². The predicted molar refractivity (Wildman–Crippen MR) is 81.8 cm³/mol. The van der Waals surface area contributed by atoms with E-state index in [-0.39, 0.29) is 17.0 Å². The highest BCUT2D eigenvalue weighted by molar-refractivity contribution is 5.96. The molecular weight excluding hydrogens is 278 g/mol. The SMILES string of the molecule is O=C(O)c1ccc(C(=O)NC23CC4CC(CC(C4)C2)C3)cc1. The highest BCUT2D eigenvalue weighted by atomic mass is 16.4. The van der Waals surface area contributed by atoms with Crippen molar-refractivity contribution in [2.45, 2.75) is 44.1 Å². The van der Waals surface area contributed by atoms with Gasteiger partial charge < -0.3 is 10.4 Å². The Balaban J connectivity index is 1.51. The van der Waals surface area contributed by atoms with Gasteiger partial charge in [0.2, 0.25) is 0 Å². The Bertz CT molecular complexity index is 584. The van der Waals surface area contributed by atoms with Crippen molar-refractivity contribution >= 4 is 11.9 Å². The van der Waals surface area contributed by atoms with Gasteiger partial charge in [-0.1, -0.05) is 0 Å². The Morgan fingerprint density at radius 1 is 0.909 bits per heavy atom. The number of aromatic carboxylic acids is 1. The van der Waals surface area contributed by atoms with Crippen LogP contribution >= 0.6 is 0 Å². The molecule has 0 unspecified atom stereocenters. The fourth-order valence-corrected chi connectivity index (χ4v) is 5.34. The Morgan fingerprint density at radius 3 is 1.82 bits per heavy atom. The third-order valence-electron chi connectivity index (χ3n) is 5.81. The van der Waals surface area contributed by atoms with Gasteiger partial charge in [-0.15, -0.1) is 0 Å². The third kappa shape index (κ3) is 2.31. The second-order valence-corrected chi connectivity index (χ2v) is 7.53. The summed E-state index contributed by atoms with van der Waals surface area (Å²) in [4.78, 5) is 23.4. The lowest BCUT2D eigenvalue weighted by Crippen LogP contribution is -2.59. The molecule has 4 heteroatoms. The number of carboxylic acid groups (broad SMARTS) is 1. The van der Waals surface area contributed by atoms with Gasteiger partial charge in [-0.25, -0.2) is 4.79 Å². The predicted octanol–water partition coefficient (Wildman–Crippen LogP) is 3.08. The molecule has 1 aromatic carbocycles. The molecule has 4 saturated carbocycles. The number of carbonyl (C=O) groups excluding carboxylic acids is 1. The standard InChI is InChI=1S/C18H21NO3/c20-16(14-1-3-15(4-2-14)17(21)22)19-18-8-11-5-12(9-18)7-13(6-11)10-18/h1-4,11-13H,5-10H2,(H,19,20)(H,21,22). The van der Waals surface area contributed by atoms with E-state index in [2.05, 4.69) is 5.32 Å². The normalized spacial score (nSPS) is 35.4. The van der Waals surface area contributed by atoms with Crippen LogP contribution in [-0.2, 0) is 0 Å². The van der Waals surface area contributed by atoms with Gasteiger partial charge in [-0.05, 0) is 80.5 Å². The molecule has 5 rings (SSSR count). The van der Waals surface area contributed by atoms with Crippen molar-refractivity contribution in [3.05, 3.63) is 35.4 Å². The van der Waals surface area contributed by atoms with E-state index in [0.29, 0.717) is 5.56 Å². The van der Waals surface area contributed by atoms with E-state index >= 15 is 0 Å². The van der Waals surface area contributed by atoms with Crippen molar-refractivity contribution in [1.29, 1.82) is 0 Å². The minimum absolute atomic E-state index is 0.00268. The summed E-state index contributed by atoms with van der Waals surface area (Å²) in [6, 6.07) is 6.21. The maximum Gasteiger partial charge on any atom is 0.335 e. The van der Waals surface area contributed by atoms with E-state index < -0.39 is 5.97 Å². The minimum Gasteiger partial charge on any atom is -0.478 e. The first-order valence-corrected chi connectivity index (χ1v) is 8.19. The van der Waals surface area contributed by atoms with Crippen LogP contribution in [-0.4, -0.2) is 22.5 Å². The molecule has 2 N–H and O–H groups in total. The van der Waals surface area contributed by atoms with Crippen molar-refractivity contribution in [3.63, 3.8) is 0 Å². The molecule has 116 valence electrons. The second kappa shape index (κ2) is 4.83. The molecule has 0 spiro atoms. The van der Waals surface area contributed by atoms with Crippen LogP contribution in [0.3, 0.4) is 0 Å². The lowest BCUT2D eigenvalue weighted by atomic mass is 9.53. The van der Waals surface area contributed by atoms with Gasteiger partial charge in [0.1, 0.15) is 0 Å². The average molecular weight is 299 g/mol. The number of amides is 1. The summed E-state index contributed by atoms with van der Waals surface area (Å²) in [7, 11) is 0. The molecule has 22 heavy (non-hydrogen) atoms. The van der Waals surface area contributed by atoms with Crippen LogP contribution in [0.2, 0.25) is 0 Å². The van der Waals surface area contributed by atoms with E-state index in [4.69, 9.17) is 5.11 Å². The largest absolute Gasteiger partial charge is 0.478 e. The summed E-state index contributed by atoms with van der Waals surface area (Å²) in [5.41, 5.74) is 0.768. The van der Waals surface area contributed by atoms with E-state index in [0.717, 1.165) is 37.0 Å². The van der Waals surface area contributed by atoms with Crippen molar-refractivity contribution in [1.82, 2.24) is 5.32 Å².